The Hall–Kier alpha value is -1.75. The van der Waals surface area contributed by atoms with E-state index in [1.54, 1.807) is 12.4 Å². The molecule has 0 fully saturated rings. The molecule has 0 bridgehead atoms. The van der Waals surface area contributed by atoms with Gasteiger partial charge in [-0.15, -0.1) is 0 Å². The zero-order valence-electron chi connectivity index (χ0n) is 9.34. The molecule has 0 aliphatic rings. The van der Waals surface area contributed by atoms with Gasteiger partial charge in [0.05, 0.1) is 0 Å². The summed E-state index contributed by atoms with van der Waals surface area (Å²) in [7, 11) is 0. The van der Waals surface area contributed by atoms with Crippen molar-refractivity contribution < 1.29 is 4.52 Å². The van der Waals surface area contributed by atoms with Gasteiger partial charge in [-0.25, -0.2) is 0 Å². The van der Waals surface area contributed by atoms with Crippen LogP contribution in [0.3, 0.4) is 0 Å². The van der Waals surface area contributed by atoms with Gasteiger partial charge < -0.3 is 10.3 Å². The molecule has 2 aromatic heterocycles. The predicted octanol–water partition coefficient (Wildman–Crippen LogP) is 1.50. The topological polar surface area (TPSA) is 77.8 Å². The van der Waals surface area contributed by atoms with E-state index in [9.17, 15) is 0 Å². The molecule has 0 aliphatic carbocycles. The fourth-order valence-electron chi connectivity index (χ4n) is 1.37. The van der Waals surface area contributed by atoms with E-state index in [0.717, 1.165) is 11.1 Å². The lowest BCUT2D eigenvalue weighted by molar-refractivity contribution is 0.361. The summed E-state index contributed by atoms with van der Waals surface area (Å²) in [5.41, 5.74) is 7.51. The van der Waals surface area contributed by atoms with E-state index in [4.69, 9.17) is 10.3 Å². The lowest BCUT2D eigenvalue weighted by atomic mass is 10.1. The molecule has 0 radical (unpaired) electrons. The largest absolute Gasteiger partial charge is 0.339 e. The summed E-state index contributed by atoms with van der Waals surface area (Å²) in [6.45, 7) is 4.42. The summed E-state index contributed by atoms with van der Waals surface area (Å²) < 4.78 is 5.17. The number of nitrogens with two attached hydrogens (primary N) is 1. The van der Waals surface area contributed by atoms with Crippen LogP contribution in [0.4, 0.5) is 0 Å². The van der Waals surface area contributed by atoms with Gasteiger partial charge in [-0.2, -0.15) is 4.98 Å². The molecular formula is C11H14N4O. The van der Waals surface area contributed by atoms with Crippen LogP contribution >= 0.6 is 0 Å². The summed E-state index contributed by atoms with van der Waals surface area (Å²) >= 11 is 0. The first-order chi connectivity index (χ1) is 7.72. The number of nitrogens with zero attached hydrogens (tertiary/aromatic N) is 3. The van der Waals surface area contributed by atoms with Crippen LogP contribution in [-0.4, -0.2) is 21.7 Å². The van der Waals surface area contributed by atoms with Crippen molar-refractivity contribution >= 4 is 0 Å². The number of rotatable bonds is 3. The van der Waals surface area contributed by atoms with E-state index in [1.807, 2.05) is 19.9 Å². The van der Waals surface area contributed by atoms with Crippen LogP contribution in [0, 0.1) is 6.92 Å². The first kappa shape index (κ1) is 10.8. The first-order valence-corrected chi connectivity index (χ1v) is 5.17. The van der Waals surface area contributed by atoms with Gasteiger partial charge in [0.1, 0.15) is 0 Å². The Labute approximate surface area is 93.7 Å². The van der Waals surface area contributed by atoms with Crippen molar-refractivity contribution in [2.45, 2.75) is 19.8 Å². The quantitative estimate of drug-likeness (QED) is 0.844. The molecule has 2 N–H and O–H groups in total. The van der Waals surface area contributed by atoms with Crippen LogP contribution < -0.4 is 5.73 Å². The summed E-state index contributed by atoms with van der Waals surface area (Å²) in [6.07, 6.45) is 3.49. The van der Waals surface area contributed by atoms with Crippen LogP contribution in [0.5, 0.6) is 0 Å². The Morgan fingerprint density at radius 3 is 3.00 bits per heavy atom. The van der Waals surface area contributed by atoms with E-state index in [2.05, 4.69) is 15.1 Å². The number of hydrogen-bond acceptors (Lipinski definition) is 5. The van der Waals surface area contributed by atoms with Gasteiger partial charge in [0.2, 0.25) is 11.7 Å². The number of aryl methyl sites for hydroxylation is 1. The molecule has 2 aromatic rings. The van der Waals surface area contributed by atoms with Crippen molar-refractivity contribution in [3.8, 4) is 11.4 Å². The van der Waals surface area contributed by atoms with E-state index in [0.29, 0.717) is 18.3 Å². The fraction of sp³-hybridized carbons (Fsp3) is 0.364. The third-order valence-electron chi connectivity index (χ3n) is 2.48. The van der Waals surface area contributed by atoms with Crippen molar-refractivity contribution in [1.29, 1.82) is 0 Å². The minimum atomic E-state index is 0.0865. The van der Waals surface area contributed by atoms with E-state index in [1.165, 1.54) is 0 Å². The normalized spacial score (nSPS) is 12.7. The van der Waals surface area contributed by atoms with Crippen molar-refractivity contribution in [2.24, 2.45) is 5.73 Å². The number of hydrogen-bond donors (Lipinski definition) is 1. The molecule has 1 unspecified atom stereocenters. The first-order valence-electron chi connectivity index (χ1n) is 5.17. The summed E-state index contributed by atoms with van der Waals surface area (Å²) in [4.78, 5) is 8.35. The maximum absolute atomic E-state index is 5.54. The number of pyridine rings is 1. The maximum Gasteiger partial charge on any atom is 0.231 e. The highest BCUT2D eigenvalue weighted by Crippen LogP contribution is 2.21. The Bertz CT molecular complexity index is 480. The second kappa shape index (κ2) is 4.40. The third-order valence-corrected chi connectivity index (χ3v) is 2.48. The maximum atomic E-state index is 5.54. The van der Waals surface area contributed by atoms with Crippen LogP contribution in [0.25, 0.3) is 11.4 Å². The van der Waals surface area contributed by atoms with Crippen molar-refractivity contribution in [3.63, 3.8) is 0 Å². The zero-order valence-corrected chi connectivity index (χ0v) is 9.34. The van der Waals surface area contributed by atoms with E-state index < -0.39 is 0 Å². The molecule has 2 rings (SSSR count). The molecule has 0 aliphatic heterocycles. The van der Waals surface area contributed by atoms with Gasteiger partial charge in [-0.05, 0) is 18.6 Å². The predicted molar refractivity (Wildman–Crippen MR) is 59.7 cm³/mol. The van der Waals surface area contributed by atoms with E-state index >= 15 is 0 Å². The van der Waals surface area contributed by atoms with Crippen LogP contribution in [0.2, 0.25) is 0 Å². The van der Waals surface area contributed by atoms with E-state index in [-0.39, 0.29) is 5.92 Å². The highest BCUT2D eigenvalue weighted by Gasteiger charge is 2.14. The molecule has 0 amide bonds. The van der Waals surface area contributed by atoms with Crippen molar-refractivity contribution in [3.05, 3.63) is 29.9 Å². The Kier molecular flexibility index (Phi) is 2.96. The molecule has 5 heteroatoms. The zero-order chi connectivity index (χ0) is 11.5. The second-order valence-electron chi connectivity index (χ2n) is 3.78. The van der Waals surface area contributed by atoms with Crippen molar-refractivity contribution in [1.82, 2.24) is 15.1 Å². The minimum Gasteiger partial charge on any atom is -0.339 e. The minimum absolute atomic E-state index is 0.0865. The Morgan fingerprint density at radius 1 is 1.50 bits per heavy atom. The summed E-state index contributed by atoms with van der Waals surface area (Å²) in [5, 5.41) is 3.95. The van der Waals surface area contributed by atoms with Gasteiger partial charge in [0.15, 0.2) is 0 Å². The van der Waals surface area contributed by atoms with Crippen LogP contribution in [-0.2, 0) is 0 Å². The molecule has 16 heavy (non-hydrogen) atoms. The Morgan fingerprint density at radius 2 is 2.31 bits per heavy atom. The molecule has 1 atom stereocenters. The average molecular weight is 218 g/mol. The lowest BCUT2D eigenvalue weighted by Crippen LogP contribution is -2.08. The monoisotopic (exact) mass is 218 g/mol. The van der Waals surface area contributed by atoms with Crippen LogP contribution in [0.1, 0.15) is 24.3 Å². The molecule has 0 saturated heterocycles. The molecule has 0 saturated carbocycles. The molecule has 5 nitrogen and oxygen atoms in total. The fourth-order valence-corrected chi connectivity index (χ4v) is 1.37. The van der Waals surface area contributed by atoms with Gasteiger partial charge >= 0.3 is 0 Å². The SMILES string of the molecule is Cc1cnccc1-c1noc(C(C)CN)n1. The highest BCUT2D eigenvalue weighted by atomic mass is 16.5. The molecular weight excluding hydrogens is 204 g/mol. The van der Waals surface area contributed by atoms with Gasteiger partial charge in [-0.3, -0.25) is 4.98 Å². The molecule has 84 valence electrons. The standard InChI is InChI=1S/C11H14N4O/c1-7(5-12)11-14-10(15-16-11)9-3-4-13-6-8(9)2/h3-4,6-7H,5,12H2,1-2H3. The van der Waals surface area contributed by atoms with Crippen LogP contribution in [0.15, 0.2) is 23.0 Å². The smallest absolute Gasteiger partial charge is 0.231 e. The molecule has 2 heterocycles. The average Bonchev–Trinajstić information content (AvgIpc) is 2.78. The molecule has 0 aromatic carbocycles. The van der Waals surface area contributed by atoms with Gasteiger partial charge in [0, 0.05) is 30.4 Å². The third kappa shape index (κ3) is 1.94. The number of aromatic nitrogens is 3. The van der Waals surface area contributed by atoms with Crippen molar-refractivity contribution in [2.75, 3.05) is 6.54 Å². The second-order valence-corrected chi connectivity index (χ2v) is 3.78. The summed E-state index contributed by atoms with van der Waals surface area (Å²) in [6, 6.07) is 1.87. The van der Waals surface area contributed by atoms with Gasteiger partial charge in [-0.1, -0.05) is 12.1 Å². The molecule has 0 spiro atoms. The summed E-state index contributed by atoms with van der Waals surface area (Å²) in [5.74, 6) is 1.26. The van der Waals surface area contributed by atoms with Gasteiger partial charge in [0.25, 0.3) is 0 Å². The highest BCUT2D eigenvalue weighted by molar-refractivity contribution is 5.57. The lowest BCUT2D eigenvalue weighted by Gasteiger charge is -1.99. The Balaban J connectivity index is 2.35.